The number of carboxylic acids is 1. The Morgan fingerprint density at radius 2 is 2.19 bits per heavy atom. The van der Waals surface area contributed by atoms with Gasteiger partial charge in [-0.05, 0) is 18.6 Å². The van der Waals surface area contributed by atoms with Gasteiger partial charge in [0.25, 0.3) is 0 Å². The Morgan fingerprint density at radius 3 is 2.81 bits per heavy atom. The molecule has 1 aromatic heterocycles. The standard InChI is InChI=1S/C12H12ClNO2/c1-7-4-3-5-9-11(7)8(6-10(15)16)12(13)14(9)2/h3-5H,6H2,1-2H3,(H,15,16). The molecular formula is C12H12ClNO2. The number of rotatable bonds is 2. The zero-order valence-corrected chi connectivity index (χ0v) is 9.88. The van der Waals surface area contributed by atoms with Crippen LogP contribution >= 0.6 is 11.6 Å². The Bertz CT molecular complexity index is 572. The molecule has 0 saturated heterocycles. The summed E-state index contributed by atoms with van der Waals surface area (Å²) in [5, 5.41) is 10.3. The van der Waals surface area contributed by atoms with Crippen LogP contribution in [0.3, 0.4) is 0 Å². The SMILES string of the molecule is Cc1cccc2c1c(CC(=O)O)c(Cl)n2C. The van der Waals surface area contributed by atoms with Gasteiger partial charge in [-0.1, -0.05) is 23.7 Å². The molecule has 0 aliphatic rings. The molecule has 0 radical (unpaired) electrons. The van der Waals surface area contributed by atoms with E-state index in [0.29, 0.717) is 10.7 Å². The number of nitrogens with zero attached hydrogens (tertiary/aromatic N) is 1. The molecule has 2 rings (SSSR count). The van der Waals surface area contributed by atoms with Crippen LogP contribution in [0, 0.1) is 6.92 Å². The topological polar surface area (TPSA) is 42.2 Å². The van der Waals surface area contributed by atoms with Crippen molar-refractivity contribution in [2.75, 3.05) is 0 Å². The summed E-state index contributed by atoms with van der Waals surface area (Å²) < 4.78 is 1.82. The summed E-state index contributed by atoms with van der Waals surface area (Å²) in [6.45, 7) is 1.96. The number of aromatic nitrogens is 1. The van der Waals surface area contributed by atoms with E-state index in [4.69, 9.17) is 16.7 Å². The van der Waals surface area contributed by atoms with Crippen LogP contribution in [0.2, 0.25) is 5.15 Å². The second-order valence-corrected chi connectivity index (χ2v) is 4.23. The third kappa shape index (κ3) is 1.57. The van der Waals surface area contributed by atoms with E-state index in [9.17, 15) is 4.79 Å². The van der Waals surface area contributed by atoms with Crippen LogP contribution in [0.25, 0.3) is 10.9 Å². The third-order valence-corrected chi connectivity index (χ3v) is 3.27. The van der Waals surface area contributed by atoms with E-state index in [1.807, 2.05) is 36.7 Å². The Balaban J connectivity index is 2.80. The molecule has 4 heteroatoms. The minimum atomic E-state index is -0.863. The van der Waals surface area contributed by atoms with Crippen molar-refractivity contribution in [2.24, 2.45) is 7.05 Å². The molecule has 0 unspecified atom stereocenters. The third-order valence-electron chi connectivity index (χ3n) is 2.79. The number of hydrogen-bond acceptors (Lipinski definition) is 1. The molecular weight excluding hydrogens is 226 g/mol. The number of carboxylic acid groups (broad SMARTS) is 1. The van der Waals surface area contributed by atoms with Crippen molar-refractivity contribution in [2.45, 2.75) is 13.3 Å². The lowest BCUT2D eigenvalue weighted by Crippen LogP contribution is -2.00. The first-order chi connectivity index (χ1) is 7.52. The maximum atomic E-state index is 10.8. The highest BCUT2D eigenvalue weighted by Gasteiger charge is 2.17. The molecule has 3 nitrogen and oxygen atoms in total. The number of benzene rings is 1. The largest absolute Gasteiger partial charge is 0.481 e. The summed E-state index contributed by atoms with van der Waals surface area (Å²) >= 11 is 6.15. The van der Waals surface area contributed by atoms with Crippen molar-refractivity contribution in [3.05, 3.63) is 34.5 Å². The molecule has 0 aliphatic carbocycles. The van der Waals surface area contributed by atoms with E-state index in [1.54, 1.807) is 0 Å². The first-order valence-electron chi connectivity index (χ1n) is 4.96. The van der Waals surface area contributed by atoms with Crippen LogP contribution in [-0.4, -0.2) is 15.6 Å². The van der Waals surface area contributed by atoms with E-state index < -0.39 is 5.97 Å². The highest BCUT2D eigenvalue weighted by molar-refractivity contribution is 6.32. The highest BCUT2D eigenvalue weighted by atomic mass is 35.5. The monoisotopic (exact) mass is 237 g/mol. The first kappa shape index (κ1) is 11.0. The molecule has 16 heavy (non-hydrogen) atoms. The Morgan fingerprint density at radius 1 is 1.50 bits per heavy atom. The predicted octanol–water partition coefficient (Wildman–Crippen LogP) is 2.77. The van der Waals surface area contributed by atoms with Crippen LogP contribution < -0.4 is 0 Å². The van der Waals surface area contributed by atoms with Crippen LogP contribution in [0.4, 0.5) is 0 Å². The summed E-state index contributed by atoms with van der Waals surface area (Å²) in [4.78, 5) is 10.8. The van der Waals surface area contributed by atoms with Crippen LogP contribution in [0.1, 0.15) is 11.1 Å². The van der Waals surface area contributed by atoms with Gasteiger partial charge in [-0.2, -0.15) is 0 Å². The van der Waals surface area contributed by atoms with Gasteiger partial charge in [0.1, 0.15) is 5.15 Å². The zero-order chi connectivity index (χ0) is 11.9. The maximum Gasteiger partial charge on any atom is 0.307 e. The summed E-state index contributed by atoms with van der Waals surface area (Å²) in [5.41, 5.74) is 2.72. The smallest absolute Gasteiger partial charge is 0.307 e. The zero-order valence-electron chi connectivity index (χ0n) is 9.12. The number of aryl methyl sites for hydroxylation is 2. The molecule has 1 heterocycles. The van der Waals surface area contributed by atoms with Crippen molar-refractivity contribution in [1.82, 2.24) is 4.57 Å². The Labute approximate surface area is 98.3 Å². The van der Waals surface area contributed by atoms with Gasteiger partial charge in [-0.25, -0.2) is 0 Å². The molecule has 0 saturated carbocycles. The quantitative estimate of drug-likeness (QED) is 0.873. The first-order valence-corrected chi connectivity index (χ1v) is 5.34. The van der Waals surface area contributed by atoms with E-state index in [2.05, 4.69) is 0 Å². The van der Waals surface area contributed by atoms with Crippen molar-refractivity contribution in [1.29, 1.82) is 0 Å². The molecule has 0 atom stereocenters. The normalized spacial score (nSPS) is 10.9. The summed E-state index contributed by atoms with van der Waals surface area (Å²) in [5.74, 6) is -0.863. The maximum absolute atomic E-state index is 10.8. The van der Waals surface area contributed by atoms with Crippen LogP contribution in [0.5, 0.6) is 0 Å². The molecule has 1 N–H and O–H groups in total. The highest BCUT2D eigenvalue weighted by Crippen LogP contribution is 2.31. The number of fused-ring (bicyclic) bond motifs is 1. The second kappa shape index (κ2) is 3.83. The van der Waals surface area contributed by atoms with E-state index in [0.717, 1.165) is 16.5 Å². The summed E-state index contributed by atoms with van der Waals surface area (Å²) in [6, 6.07) is 5.85. The fraction of sp³-hybridized carbons (Fsp3) is 0.250. The van der Waals surface area contributed by atoms with Gasteiger partial charge >= 0.3 is 5.97 Å². The molecule has 0 amide bonds. The van der Waals surface area contributed by atoms with Crippen molar-refractivity contribution in [3.8, 4) is 0 Å². The van der Waals surface area contributed by atoms with Crippen LogP contribution in [0.15, 0.2) is 18.2 Å². The second-order valence-electron chi connectivity index (χ2n) is 3.87. The van der Waals surface area contributed by atoms with Gasteiger partial charge in [-0.3, -0.25) is 4.79 Å². The van der Waals surface area contributed by atoms with Gasteiger partial charge in [-0.15, -0.1) is 0 Å². The van der Waals surface area contributed by atoms with Crippen LogP contribution in [-0.2, 0) is 18.3 Å². The van der Waals surface area contributed by atoms with Gasteiger partial charge in [0, 0.05) is 23.5 Å². The Hall–Kier alpha value is -1.48. The fourth-order valence-electron chi connectivity index (χ4n) is 2.05. The molecule has 0 spiro atoms. The van der Waals surface area contributed by atoms with E-state index in [-0.39, 0.29) is 6.42 Å². The number of aliphatic carboxylic acids is 1. The lowest BCUT2D eigenvalue weighted by molar-refractivity contribution is -0.136. The average Bonchev–Trinajstić information content (AvgIpc) is 2.45. The number of halogens is 1. The number of carbonyl (C=O) groups is 1. The lowest BCUT2D eigenvalue weighted by Gasteiger charge is -1.99. The van der Waals surface area contributed by atoms with Gasteiger partial charge in [0.2, 0.25) is 0 Å². The van der Waals surface area contributed by atoms with E-state index >= 15 is 0 Å². The van der Waals surface area contributed by atoms with Gasteiger partial charge in [0.05, 0.1) is 6.42 Å². The predicted molar refractivity (Wildman–Crippen MR) is 64.0 cm³/mol. The van der Waals surface area contributed by atoms with E-state index in [1.165, 1.54) is 0 Å². The minimum absolute atomic E-state index is 0.0406. The summed E-state index contributed by atoms with van der Waals surface area (Å²) in [7, 11) is 1.84. The molecule has 1 aromatic carbocycles. The average molecular weight is 238 g/mol. The fourth-order valence-corrected chi connectivity index (χ4v) is 2.30. The van der Waals surface area contributed by atoms with Crippen molar-refractivity contribution in [3.63, 3.8) is 0 Å². The van der Waals surface area contributed by atoms with Gasteiger partial charge in [0.15, 0.2) is 0 Å². The minimum Gasteiger partial charge on any atom is -0.481 e. The van der Waals surface area contributed by atoms with Crippen molar-refractivity contribution < 1.29 is 9.90 Å². The molecule has 0 aliphatic heterocycles. The lowest BCUT2D eigenvalue weighted by atomic mass is 10.1. The van der Waals surface area contributed by atoms with Gasteiger partial charge < -0.3 is 9.67 Å². The van der Waals surface area contributed by atoms with Crippen molar-refractivity contribution >= 4 is 28.5 Å². The number of hydrogen-bond donors (Lipinski definition) is 1. The molecule has 0 bridgehead atoms. The molecule has 0 fully saturated rings. The Kier molecular flexibility index (Phi) is 2.64. The summed E-state index contributed by atoms with van der Waals surface area (Å²) in [6.07, 6.45) is -0.0406. The molecule has 84 valence electrons. The molecule has 2 aromatic rings.